The number of anilines is 1. The Bertz CT molecular complexity index is 480. The minimum absolute atomic E-state index is 0.113. The minimum Gasteiger partial charge on any atom is -0.378 e. The van der Waals surface area contributed by atoms with Crippen LogP contribution in [-0.4, -0.2) is 31.3 Å². The van der Waals surface area contributed by atoms with Crippen molar-refractivity contribution in [3.63, 3.8) is 0 Å². The summed E-state index contributed by atoms with van der Waals surface area (Å²) in [4.78, 5) is 19.2. The molecule has 5 nitrogen and oxygen atoms in total. The van der Waals surface area contributed by atoms with E-state index in [1.165, 1.54) is 0 Å². The maximum absolute atomic E-state index is 11.1. The Hall–Kier alpha value is -1.01. The van der Waals surface area contributed by atoms with E-state index in [0.717, 1.165) is 54.8 Å². The predicted octanol–water partition coefficient (Wildman–Crippen LogP) is 2.76. The van der Waals surface area contributed by atoms with Gasteiger partial charge in [0, 0.05) is 13.1 Å². The van der Waals surface area contributed by atoms with Crippen molar-refractivity contribution in [3.8, 4) is 0 Å². The number of thiazole rings is 1. The van der Waals surface area contributed by atoms with E-state index in [2.05, 4.69) is 23.9 Å². The molecule has 1 fully saturated rings. The zero-order valence-corrected chi connectivity index (χ0v) is 12.2. The Morgan fingerprint density at radius 2 is 2.16 bits per heavy atom. The molecule has 3 rings (SSSR count). The topological polar surface area (TPSA) is 54.8 Å². The summed E-state index contributed by atoms with van der Waals surface area (Å²) in [7, 11) is 0. The van der Waals surface area contributed by atoms with Crippen LogP contribution in [0.2, 0.25) is 0 Å². The highest BCUT2D eigenvalue weighted by Crippen LogP contribution is 2.46. The molecule has 2 aliphatic rings. The molecule has 104 valence electrons. The van der Waals surface area contributed by atoms with Gasteiger partial charge in [-0.25, -0.2) is 4.98 Å². The fourth-order valence-corrected chi connectivity index (χ4v) is 4.02. The molecule has 19 heavy (non-hydrogen) atoms. The maximum atomic E-state index is 11.1. The Kier molecular flexibility index (Phi) is 3.30. The molecule has 6 heteroatoms. The lowest BCUT2D eigenvalue weighted by Crippen LogP contribution is -2.36. The van der Waals surface area contributed by atoms with Gasteiger partial charge in [0.15, 0.2) is 5.13 Å². The summed E-state index contributed by atoms with van der Waals surface area (Å²) in [5.74, 6) is 0. The van der Waals surface area contributed by atoms with E-state index in [4.69, 9.17) is 9.72 Å². The van der Waals surface area contributed by atoms with E-state index in [1.54, 1.807) is 11.3 Å². The van der Waals surface area contributed by atoms with Crippen LogP contribution in [0, 0.1) is 10.3 Å². The molecule has 0 N–H and O–H groups in total. The summed E-state index contributed by atoms with van der Waals surface area (Å²) < 4.78 is 5.37. The molecular weight excluding hydrogens is 262 g/mol. The number of morpholine rings is 1. The second-order valence-electron chi connectivity index (χ2n) is 6.07. The van der Waals surface area contributed by atoms with Crippen LogP contribution < -0.4 is 4.90 Å². The van der Waals surface area contributed by atoms with Crippen molar-refractivity contribution in [1.29, 1.82) is 0 Å². The first-order valence-corrected chi connectivity index (χ1v) is 7.55. The summed E-state index contributed by atoms with van der Waals surface area (Å²) in [6.45, 7) is 7.64. The molecule has 0 radical (unpaired) electrons. The number of nitrogens with zero attached hydrogens (tertiary/aromatic N) is 3. The van der Waals surface area contributed by atoms with Gasteiger partial charge < -0.3 is 9.64 Å². The van der Waals surface area contributed by atoms with Gasteiger partial charge in [0.2, 0.25) is 0 Å². The summed E-state index contributed by atoms with van der Waals surface area (Å²) in [6, 6.07) is -0.217. The summed E-state index contributed by atoms with van der Waals surface area (Å²) in [5.41, 5.74) is 1.19. The first-order valence-electron chi connectivity index (χ1n) is 6.74. The highest BCUT2D eigenvalue weighted by atomic mass is 32.1. The van der Waals surface area contributed by atoms with Gasteiger partial charge in [0.05, 0.1) is 23.8 Å². The standard InChI is InChI=1S/C13H19N3O2S/c1-13(2)7-9-11(10(8-13)15-17)19-12(14-9)16-3-5-18-6-4-16/h10H,3-8H2,1-2H3. The van der Waals surface area contributed by atoms with Crippen molar-refractivity contribution in [2.24, 2.45) is 10.6 Å². The Labute approximate surface area is 116 Å². The van der Waals surface area contributed by atoms with Crippen LogP contribution in [0.1, 0.15) is 36.9 Å². The van der Waals surface area contributed by atoms with Crippen molar-refractivity contribution >= 4 is 16.5 Å². The average Bonchev–Trinajstić information content (AvgIpc) is 2.81. The van der Waals surface area contributed by atoms with Gasteiger partial charge in [-0.3, -0.25) is 0 Å². The molecule has 0 aromatic carbocycles. The average molecular weight is 281 g/mol. The van der Waals surface area contributed by atoms with Crippen LogP contribution in [-0.2, 0) is 11.2 Å². The third-order valence-corrected chi connectivity index (χ3v) is 5.08. The van der Waals surface area contributed by atoms with Crippen LogP contribution in [0.5, 0.6) is 0 Å². The Morgan fingerprint density at radius 3 is 2.84 bits per heavy atom. The van der Waals surface area contributed by atoms with Crippen LogP contribution in [0.25, 0.3) is 0 Å². The lowest BCUT2D eigenvalue weighted by molar-refractivity contribution is 0.122. The van der Waals surface area contributed by atoms with E-state index < -0.39 is 0 Å². The van der Waals surface area contributed by atoms with Crippen molar-refractivity contribution in [3.05, 3.63) is 15.5 Å². The van der Waals surface area contributed by atoms with Gasteiger partial charge in [-0.15, -0.1) is 0 Å². The lowest BCUT2D eigenvalue weighted by atomic mass is 9.77. The molecule has 0 amide bonds. The van der Waals surface area contributed by atoms with Crippen LogP contribution >= 0.6 is 11.3 Å². The van der Waals surface area contributed by atoms with Crippen LogP contribution in [0.15, 0.2) is 5.18 Å². The highest BCUT2D eigenvalue weighted by molar-refractivity contribution is 7.15. The molecular formula is C13H19N3O2S. The summed E-state index contributed by atoms with van der Waals surface area (Å²) in [5, 5.41) is 4.35. The largest absolute Gasteiger partial charge is 0.378 e. The van der Waals surface area contributed by atoms with Crippen molar-refractivity contribution in [2.75, 3.05) is 31.2 Å². The quantitative estimate of drug-likeness (QED) is 0.782. The van der Waals surface area contributed by atoms with E-state index >= 15 is 0 Å². The number of ether oxygens (including phenoxy) is 1. The van der Waals surface area contributed by atoms with Crippen LogP contribution in [0.4, 0.5) is 5.13 Å². The molecule has 1 atom stereocenters. The molecule has 1 unspecified atom stereocenters. The third kappa shape index (κ3) is 2.51. The number of aromatic nitrogens is 1. The Morgan fingerprint density at radius 1 is 1.42 bits per heavy atom. The number of fused-ring (bicyclic) bond motifs is 1. The maximum Gasteiger partial charge on any atom is 0.186 e. The van der Waals surface area contributed by atoms with Gasteiger partial charge in [-0.1, -0.05) is 30.4 Å². The van der Waals surface area contributed by atoms with Crippen LogP contribution in [0.3, 0.4) is 0 Å². The lowest BCUT2D eigenvalue weighted by Gasteiger charge is -2.30. The monoisotopic (exact) mass is 281 g/mol. The zero-order chi connectivity index (χ0) is 13.5. The van der Waals surface area contributed by atoms with Crippen molar-refractivity contribution in [2.45, 2.75) is 32.7 Å². The fourth-order valence-electron chi connectivity index (χ4n) is 2.85. The smallest absolute Gasteiger partial charge is 0.186 e. The van der Waals surface area contributed by atoms with Crippen molar-refractivity contribution in [1.82, 2.24) is 4.98 Å². The number of hydrogen-bond donors (Lipinski definition) is 0. The molecule has 0 saturated carbocycles. The molecule has 1 aromatic rings. The van der Waals surface area contributed by atoms with Crippen molar-refractivity contribution < 1.29 is 4.74 Å². The molecule has 1 aliphatic carbocycles. The first-order chi connectivity index (χ1) is 9.09. The summed E-state index contributed by atoms with van der Waals surface area (Å²) >= 11 is 1.64. The first kappa shape index (κ1) is 13.0. The molecule has 1 saturated heterocycles. The predicted molar refractivity (Wildman–Crippen MR) is 75.8 cm³/mol. The zero-order valence-electron chi connectivity index (χ0n) is 11.4. The van der Waals surface area contributed by atoms with Gasteiger partial charge in [0.1, 0.15) is 6.04 Å². The molecule has 0 bridgehead atoms. The normalized spacial score (nSPS) is 26.0. The second kappa shape index (κ2) is 4.83. The van der Waals surface area contributed by atoms with E-state index in [9.17, 15) is 4.91 Å². The van der Waals surface area contributed by atoms with Gasteiger partial charge in [0.25, 0.3) is 0 Å². The van der Waals surface area contributed by atoms with Gasteiger partial charge >= 0.3 is 0 Å². The highest BCUT2D eigenvalue weighted by Gasteiger charge is 2.36. The molecule has 1 aliphatic heterocycles. The Balaban J connectivity index is 1.91. The molecule has 0 spiro atoms. The third-order valence-electron chi connectivity index (χ3n) is 3.82. The van der Waals surface area contributed by atoms with E-state index in [0.29, 0.717) is 0 Å². The fraction of sp³-hybridized carbons (Fsp3) is 0.769. The summed E-state index contributed by atoms with van der Waals surface area (Å²) in [6.07, 6.45) is 1.77. The number of rotatable bonds is 2. The van der Waals surface area contributed by atoms with E-state index in [-0.39, 0.29) is 11.5 Å². The minimum atomic E-state index is -0.217. The second-order valence-corrected chi connectivity index (χ2v) is 7.08. The number of nitroso groups, excluding NO2 is 1. The molecule has 2 heterocycles. The number of hydrogen-bond acceptors (Lipinski definition) is 6. The van der Waals surface area contributed by atoms with Gasteiger partial charge in [-0.05, 0) is 18.3 Å². The SMILES string of the molecule is CC1(C)Cc2nc(N3CCOCC3)sc2C(N=O)C1. The van der Waals surface area contributed by atoms with E-state index in [1.807, 2.05) is 0 Å². The van der Waals surface area contributed by atoms with Gasteiger partial charge in [-0.2, -0.15) is 4.91 Å². The molecule has 1 aromatic heterocycles.